The predicted molar refractivity (Wildman–Crippen MR) is 67.8 cm³/mol. The number of rotatable bonds is 5. The monoisotopic (exact) mass is 229 g/mol. The van der Waals surface area contributed by atoms with Crippen molar-refractivity contribution in [3.05, 3.63) is 39.9 Å². The van der Waals surface area contributed by atoms with Crippen LogP contribution in [0.5, 0.6) is 0 Å². The molecule has 17 heavy (non-hydrogen) atoms. The number of nitrogens with zero attached hydrogens (tertiary/aromatic N) is 4. The molecule has 1 N–H and O–H groups in total. The van der Waals surface area contributed by atoms with Crippen molar-refractivity contribution in [2.24, 2.45) is 5.11 Å². The fraction of sp³-hybridized carbons (Fsp3) is 0.417. The van der Waals surface area contributed by atoms with E-state index in [1.54, 1.807) is 0 Å². The average Bonchev–Trinajstić information content (AvgIpc) is 2.71. The number of hydrogen-bond donors (Lipinski definition) is 1. The van der Waals surface area contributed by atoms with Crippen LogP contribution in [0.25, 0.3) is 21.3 Å². The Kier molecular flexibility index (Phi) is 3.62. The van der Waals surface area contributed by atoms with Gasteiger partial charge in [-0.1, -0.05) is 11.2 Å². The van der Waals surface area contributed by atoms with Gasteiger partial charge in [0.25, 0.3) is 0 Å². The SMILES string of the molecule is Cc1[nH]nc2ccc(CCCCN=[N+]=[N-])cc12. The summed E-state index contributed by atoms with van der Waals surface area (Å²) < 4.78 is 0. The molecule has 5 heteroatoms. The Morgan fingerprint density at radius 2 is 2.29 bits per heavy atom. The highest BCUT2D eigenvalue weighted by Gasteiger charge is 2.02. The van der Waals surface area contributed by atoms with Crippen LogP contribution in [0, 0.1) is 6.92 Å². The number of benzene rings is 1. The number of aryl methyl sites for hydroxylation is 2. The van der Waals surface area contributed by atoms with Gasteiger partial charge in [0, 0.05) is 22.5 Å². The lowest BCUT2D eigenvalue weighted by Crippen LogP contribution is -1.87. The van der Waals surface area contributed by atoms with Crippen LogP contribution < -0.4 is 0 Å². The van der Waals surface area contributed by atoms with Gasteiger partial charge in [0.1, 0.15) is 0 Å². The molecule has 1 aromatic carbocycles. The number of hydrogen-bond acceptors (Lipinski definition) is 2. The van der Waals surface area contributed by atoms with Crippen molar-refractivity contribution in [3.63, 3.8) is 0 Å². The number of nitrogens with one attached hydrogen (secondary N) is 1. The van der Waals surface area contributed by atoms with E-state index < -0.39 is 0 Å². The number of H-pyrrole nitrogens is 1. The van der Waals surface area contributed by atoms with Crippen LogP contribution >= 0.6 is 0 Å². The molecule has 0 atom stereocenters. The van der Waals surface area contributed by atoms with Crippen molar-refractivity contribution < 1.29 is 0 Å². The van der Waals surface area contributed by atoms with Crippen LogP contribution in [-0.2, 0) is 6.42 Å². The molecule has 1 aromatic heterocycles. The summed E-state index contributed by atoms with van der Waals surface area (Å²) in [7, 11) is 0. The molecule has 0 saturated heterocycles. The van der Waals surface area contributed by atoms with Gasteiger partial charge in [-0.3, -0.25) is 5.10 Å². The Morgan fingerprint density at radius 3 is 3.12 bits per heavy atom. The van der Waals surface area contributed by atoms with Crippen molar-refractivity contribution in [2.75, 3.05) is 6.54 Å². The standard InChI is InChI=1S/C12H15N5/c1-9-11-8-10(4-2-3-7-14-17-13)5-6-12(11)16-15-9/h5-6,8H,2-4,7H2,1H3,(H,15,16). The minimum Gasteiger partial charge on any atom is -0.282 e. The van der Waals surface area contributed by atoms with Gasteiger partial charge in [-0.2, -0.15) is 5.10 Å². The summed E-state index contributed by atoms with van der Waals surface area (Å²) in [5.74, 6) is 0. The van der Waals surface area contributed by atoms with E-state index in [9.17, 15) is 0 Å². The molecular formula is C12H15N5. The molecule has 88 valence electrons. The fourth-order valence-corrected chi connectivity index (χ4v) is 1.90. The smallest absolute Gasteiger partial charge is 0.0923 e. The van der Waals surface area contributed by atoms with Crippen LogP contribution in [0.4, 0.5) is 0 Å². The molecule has 0 radical (unpaired) electrons. The Bertz CT molecular complexity index is 551. The quantitative estimate of drug-likeness (QED) is 0.362. The molecule has 0 bridgehead atoms. The molecule has 2 rings (SSSR count). The summed E-state index contributed by atoms with van der Waals surface area (Å²) in [5, 5.41) is 11.9. The second-order valence-electron chi connectivity index (χ2n) is 4.11. The van der Waals surface area contributed by atoms with E-state index in [4.69, 9.17) is 5.53 Å². The number of aromatic nitrogens is 2. The molecule has 1 heterocycles. The highest BCUT2D eigenvalue weighted by molar-refractivity contribution is 5.81. The van der Waals surface area contributed by atoms with E-state index in [0.29, 0.717) is 6.54 Å². The van der Waals surface area contributed by atoms with Crippen molar-refractivity contribution in [3.8, 4) is 0 Å². The van der Waals surface area contributed by atoms with E-state index in [1.165, 1.54) is 10.9 Å². The molecule has 0 saturated carbocycles. The molecule has 0 unspecified atom stereocenters. The van der Waals surface area contributed by atoms with Crippen LogP contribution in [0.2, 0.25) is 0 Å². The van der Waals surface area contributed by atoms with Crippen LogP contribution in [0.1, 0.15) is 24.1 Å². The highest BCUT2D eigenvalue weighted by Crippen LogP contribution is 2.18. The maximum Gasteiger partial charge on any atom is 0.0923 e. The zero-order valence-electron chi connectivity index (χ0n) is 9.85. The number of aromatic amines is 1. The first-order chi connectivity index (χ1) is 8.31. The van der Waals surface area contributed by atoms with Gasteiger partial charge >= 0.3 is 0 Å². The second kappa shape index (κ2) is 5.37. The van der Waals surface area contributed by atoms with Crippen molar-refractivity contribution in [1.29, 1.82) is 0 Å². The summed E-state index contributed by atoms with van der Waals surface area (Å²) >= 11 is 0. The minimum atomic E-state index is 0.587. The molecule has 0 spiro atoms. The normalized spacial score (nSPS) is 10.4. The molecule has 0 aliphatic heterocycles. The van der Waals surface area contributed by atoms with E-state index in [2.05, 4.69) is 32.4 Å². The minimum absolute atomic E-state index is 0.587. The molecule has 5 nitrogen and oxygen atoms in total. The maximum absolute atomic E-state index is 8.16. The lowest BCUT2D eigenvalue weighted by molar-refractivity contribution is 0.742. The third kappa shape index (κ3) is 2.77. The molecule has 0 amide bonds. The third-order valence-corrected chi connectivity index (χ3v) is 2.85. The Balaban J connectivity index is 1.99. The fourth-order valence-electron chi connectivity index (χ4n) is 1.90. The van der Waals surface area contributed by atoms with Gasteiger partial charge < -0.3 is 0 Å². The van der Waals surface area contributed by atoms with Gasteiger partial charge in [0.05, 0.1) is 5.52 Å². The lowest BCUT2D eigenvalue weighted by atomic mass is 10.1. The summed E-state index contributed by atoms with van der Waals surface area (Å²) in [6, 6.07) is 6.33. The highest BCUT2D eigenvalue weighted by atomic mass is 15.1. The second-order valence-corrected chi connectivity index (χ2v) is 4.11. The number of fused-ring (bicyclic) bond motifs is 1. The topological polar surface area (TPSA) is 77.4 Å². The lowest BCUT2D eigenvalue weighted by Gasteiger charge is -2.00. The number of unbranched alkanes of at least 4 members (excludes halogenated alkanes) is 1. The average molecular weight is 229 g/mol. The summed E-state index contributed by atoms with van der Waals surface area (Å²) in [4.78, 5) is 2.74. The first kappa shape index (κ1) is 11.5. The predicted octanol–water partition coefficient (Wildman–Crippen LogP) is 3.50. The molecule has 0 aliphatic carbocycles. The zero-order valence-corrected chi connectivity index (χ0v) is 9.85. The first-order valence-electron chi connectivity index (χ1n) is 5.76. The van der Waals surface area contributed by atoms with Crippen LogP contribution in [0.15, 0.2) is 23.3 Å². The first-order valence-corrected chi connectivity index (χ1v) is 5.76. The Morgan fingerprint density at radius 1 is 1.41 bits per heavy atom. The Labute approximate surface area is 99.5 Å². The summed E-state index contributed by atoms with van der Waals surface area (Å²) in [6.45, 7) is 2.62. The molecule has 0 aliphatic rings. The summed E-state index contributed by atoms with van der Waals surface area (Å²) in [6.07, 6.45) is 3.00. The van der Waals surface area contributed by atoms with E-state index in [-0.39, 0.29) is 0 Å². The molecular weight excluding hydrogens is 214 g/mol. The van der Waals surface area contributed by atoms with Gasteiger partial charge in [0.15, 0.2) is 0 Å². The van der Waals surface area contributed by atoms with Crippen molar-refractivity contribution >= 4 is 10.9 Å². The van der Waals surface area contributed by atoms with E-state index >= 15 is 0 Å². The van der Waals surface area contributed by atoms with E-state index in [1.807, 2.05) is 13.0 Å². The van der Waals surface area contributed by atoms with Gasteiger partial charge in [-0.05, 0) is 49.4 Å². The van der Waals surface area contributed by atoms with Gasteiger partial charge in [0.2, 0.25) is 0 Å². The van der Waals surface area contributed by atoms with Crippen LogP contribution in [-0.4, -0.2) is 16.7 Å². The van der Waals surface area contributed by atoms with E-state index in [0.717, 1.165) is 30.5 Å². The summed E-state index contributed by atoms with van der Waals surface area (Å²) in [5.41, 5.74) is 11.6. The number of azide groups is 1. The van der Waals surface area contributed by atoms with Gasteiger partial charge in [-0.25, -0.2) is 0 Å². The van der Waals surface area contributed by atoms with Gasteiger partial charge in [-0.15, -0.1) is 0 Å². The van der Waals surface area contributed by atoms with Crippen molar-refractivity contribution in [2.45, 2.75) is 26.2 Å². The van der Waals surface area contributed by atoms with Crippen LogP contribution in [0.3, 0.4) is 0 Å². The maximum atomic E-state index is 8.16. The molecule has 2 aromatic rings. The Hall–Kier alpha value is -2.00. The zero-order chi connectivity index (χ0) is 12.1. The van der Waals surface area contributed by atoms with Crippen molar-refractivity contribution in [1.82, 2.24) is 10.2 Å². The molecule has 0 fully saturated rings. The largest absolute Gasteiger partial charge is 0.282 e. The third-order valence-electron chi connectivity index (χ3n) is 2.85.